The number of terminal acetylenes is 1. The molecular formula is C19H12Cl2F2N2O. The van der Waals surface area contributed by atoms with Gasteiger partial charge in [-0.3, -0.25) is 4.57 Å². The smallest absolute Gasteiger partial charge is 0.155 e. The van der Waals surface area contributed by atoms with E-state index in [9.17, 15) is 8.78 Å². The molecule has 0 aliphatic carbocycles. The third kappa shape index (κ3) is 3.39. The molecule has 0 fully saturated rings. The number of aromatic nitrogens is 2. The van der Waals surface area contributed by atoms with Crippen LogP contribution in [0.1, 0.15) is 5.82 Å². The molecule has 1 aromatic heterocycles. The van der Waals surface area contributed by atoms with E-state index in [1.165, 1.54) is 0 Å². The van der Waals surface area contributed by atoms with Crippen LogP contribution >= 0.6 is 23.2 Å². The van der Waals surface area contributed by atoms with Crippen LogP contribution in [0.3, 0.4) is 0 Å². The van der Waals surface area contributed by atoms with Gasteiger partial charge >= 0.3 is 0 Å². The van der Waals surface area contributed by atoms with E-state index in [2.05, 4.69) is 10.9 Å². The fourth-order valence-corrected chi connectivity index (χ4v) is 3.03. The average molecular weight is 393 g/mol. The summed E-state index contributed by atoms with van der Waals surface area (Å²) in [6.07, 6.45) is 5.09. The maximum atomic E-state index is 14.7. The molecule has 3 nitrogen and oxygen atoms in total. The van der Waals surface area contributed by atoms with Crippen molar-refractivity contribution in [1.82, 2.24) is 9.55 Å². The van der Waals surface area contributed by atoms with Gasteiger partial charge in [0.1, 0.15) is 29.8 Å². The van der Waals surface area contributed by atoms with Crippen molar-refractivity contribution in [3.8, 4) is 35.0 Å². The fraction of sp³-hybridized carbons (Fsp3) is 0.105. The summed E-state index contributed by atoms with van der Waals surface area (Å²) in [7, 11) is 0. The van der Waals surface area contributed by atoms with Gasteiger partial charge in [-0.1, -0.05) is 29.1 Å². The second-order valence-corrected chi connectivity index (χ2v) is 6.16. The van der Waals surface area contributed by atoms with Crippen molar-refractivity contribution < 1.29 is 13.5 Å². The van der Waals surface area contributed by atoms with Crippen LogP contribution in [0.2, 0.25) is 10.2 Å². The van der Waals surface area contributed by atoms with Crippen molar-refractivity contribution in [2.75, 3.05) is 6.61 Å². The summed E-state index contributed by atoms with van der Waals surface area (Å²) < 4.78 is 36.0. The molecule has 0 amide bonds. The predicted octanol–water partition coefficient (Wildman–Crippen LogP) is 5.44. The van der Waals surface area contributed by atoms with Gasteiger partial charge in [-0.05, 0) is 31.2 Å². The maximum Gasteiger partial charge on any atom is 0.155 e. The highest BCUT2D eigenvalue weighted by Crippen LogP contribution is 2.36. The molecule has 132 valence electrons. The van der Waals surface area contributed by atoms with E-state index in [1.807, 2.05) is 0 Å². The minimum atomic E-state index is -0.839. The zero-order valence-corrected chi connectivity index (χ0v) is 15.1. The second kappa shape index (κ2) is 7.36. The Hall–Kier alpha value is -2.55. The van der Waals surface area contributed by atoms with E-state index in [0.29, 0.717) is 16.5 Å². The Balaban J connectivity index is 2.19. The number of benzene rings is 2. The highest BCUT2D eigenvalue weighted by atomic mass is 35.5. The summed E-state index contributed by atoms with van der Waals surface area (Å²) >= 11 is 12.1. The zero-order valence-electron chi connectivity index (χ0n) is 13.6. The number of halogens is 4. The quantitative estimate of drug-likeness (QED) is 0.552. The van der Waals surface area contributed by atoms with Crippen LogP contribution in [-0.2, 0) is 0 Å². The van der Waals surface area contributed by atoms with E-state index in [1.54, 1.807) is 35.8 Å². The monoisotopic (exact) mass is 392 g/mol. The largest absolute Gasteiger partial charge is 0.481 e. The molecule has 0 spiro atoms. The number of aryl methyl sites for hydroxylation is 1. The topological polar surface area (TPSA) is 27.1 Å². The molecule has 7 heteroatoms. The summed E-state index contributed by atoms with van der Waals surface area (Å²) in [5.41, 5.74) is 0.413. The molecule has 0 unspecified atom stereocenters. The van der Waals surface area contributed by atoms with Gasteiger partial charge in [0.05, 0.1) is 11.3 Å². The third-order valence-corrected chi connectivity index (χ3v) is 4.18. The lowest BCUT2D eigenvalue weighted by molar-refractivity contribution is 0.365. The Kier molecular flexibility index (Phi) is 5.17. The first-order valence-corrected chi connectivity index (χ1v) is 8.24. The Labute approximate surface area is 159 Å². The lowest BCUT2D eigenvalue weighted by atomic mass is 10.1. The van der Waals surface area contributed by atoms with E-state index in [0.717, 1.165) is 12.1 Å². The number of imidazole rings is 1. The van der Waals surface area contributed by atoms with Crippen LogP contribution in [0.15, 0.2) is 36.4 Å². The molecule has 0 bridgehead atoms. The summed E-state index contributed by atoms with van der Waals surface area (Å²) in [4.78, 5) is 4.14. The van der Waals surface area contributed by atoms with Crippen molar-refractivity contribution >= 4 is 23.2 Å². The van der Waals surface area contributed by atoms with Gasteiger partial charge < -0.3 is 4.74 Å². The van der Waals surface area contributed by atoms with Gasteiger partial charge in [-0.2, -0.15) is 0 Å². The molecule has 0 saturated carbocycles. The number of hydrogen-bond acceptors (Lipinski definition) is 2. The van der Waals surface area contributed by atoms with Crippen LogP contribution in [0.5, 0.6) is 5.75 Å². The van der Waals surface area contributed by atoms with Crippen LogP contribution < -0.4 is 4.74 Å². The number of hydrogen-bond donors (Lipinski definition) is 0. The molecule has 0 aliphatic heterocycles. The van der Waals surface area contributed by atoms with Crippen molar-refractivity contribution in [1.29, 1.82) is 0 Å². The molecule has 2 aromatic carbocycles. The van der Waals surface area contributed by atoms with E-state index < -0.39 is 11.6 Å². The normalized spacial score (nSPS) is 10.6. The Morgan fingerprint density at radius 3 is 2.35 bits per heavy atom. The first kappa shape index (κ1) is 18.2. The van der Waals surface area contributed by atoms with Crippen LogP contribution in [-0.4, -0.2) is 16.2 Å². The van der Waals surface area contributed by atoms with Gasteiger partial charge in [0.2, 0.25) is 0 Å². The van der Waals surface area contributed by atoms with Crippen molar-refractivity contribution in [3.63, 3.8) is 0 Å². The van der Waals surface area contributed by atoms with E-state index in [4.69, 9.17) is 34.4 Å². The van der Waals surface area contributed by atoms with Crippen LogP contribution in [0.4, 0.5) is 8.78 Å². The molecule has 3 aromatic rings. The average Bonchev–Trinajstić information content (AvgIpc) is 2.87. The molecule has 26 heavy (non-hydrogen) atoms. The van der Waals surface area contributed by atoms with Gasteiger partial charge in [0, 0.05) is 22.8 Å². The number of ether oxygens (including phenoxy) is 1. The molecule has 0 atom stereocenters. The highest BCUT2D eigenvalue weighted by Gasteiger charge is 2.24. The van der Waals surface area contributed by atoms with E-state index in [-0.39, 0.29) is 28.8 Å². The van der Waals surface area contributed by atoms with Gasteiger partial charge in [-0.15, -0.1) is 6.42 Å². The minimum absolute atomic E-state index is 0.00731. The molecule has 0 aliphatic rings. The highest BCUT2D eigenvalue weighted by molar-refractivity contribution is 6.32. The van der Waals surface area contributed by atoms with Crippen LogP contribution in [0.25, 0.3) is 16.9 Å². The van der Waals surface area contributed by atoms with Crippen molar-refractivity contribution in [2.24, 2.45) is 0 Å². The second-order valence-electron chi connectivity index (χ2n) is 5.36. The Morgan fingerprint density at radius 1 is 1.15 bits per heavy atom. The summed E-state index contributed by atoms with van der Waals surface area (Å²) in [6.45, 7) is 1.59. The molecule has 0 N–H and O–H groups in total. The van der Waals surface area contributed by atoms with Crippen molar-refractivity contribution in [3.05, 3.63) is 64.0 Å². The summed E-state index contributed by atoms with van der Waals surface area (Å²) in [6, 6.07) is 8.85. The summed E-state index contributed by atoms with van der Waals surface area (Å²) in [5, 5.41) is 0.513. The zero-order chi connectivity index (χ0) is 18.8. The lowest BCUT2D eigenvalue weighted by Crippen LogP contribution is -2.03. The Bertz CT molecular complexity index is 985. The van der Waals surface area contributed by atoms with Gasteiger partial charge in [-0.25, -0.2) is 13.8 Å². The van der Waals surface area contributed by atoms with Gasteiger partial charge in [0.15, 0.2) is 5.15 Å². The molecule has 1 heterocycles. The summed E-state index contributed by atoms with van der Waals surface area (Å²) in [5.74, 6) is 1.02. The Morgan fingerprint density at radius 2 is 1.77 bits per heavy atom. The third-order valence-electron chi connectivity index (χ3n) is 3.66. The lowest BCUT2D eigenvalue weighted by Gasteiger charge is -2.13. The first-order chi connectivity index (χ1) is 12.4. The minimum Gasteiger partial charge on any atom is -0.481 e. The standard InChI is InChI=1S/C19H12Cl2F2N2O/c1-3-8-26-14-9-15(22)17(16(23)10-14)18-19(21)24-11(2)25(18)13-6-4-12(20)5-7-13/h1,4-7,9-10H,8H2,2H3. The maximum absolute atomic E-state index is 14.7. The molecular weight excluding hydrogens is 381 g/mol. The van der Waals surface area contributed by atoms with Crippen LogP contribution in [0, 0.1) is 30.9 Å². The van der Waals surface area contributed by atoms with Gasteiger partial charge in [0.25, 0.3) is 0 Å². The molecule has 0 saturated heterocycles. The SMILES string of the molecule is C#CCOc1cc(F)c(-c2c(Cl)nc(C)n2-c2ccc(Cl)cc2)c(F)c1. The van der Waals surface area contributed by atoms with E-state index >= 15 is 0 Å². The molecule has 3 rings (SSSR count). The number of rotatable bonds is 4. The fourth-order valence-electron chi connectivity index (χ4n) is 2.60. The predicted molar refractivity (Wildman–Crippen MR) is 98.0 cm³/mol. The first-order valence-electron chi connectivity index (χ1n) is 7.49. The molecule has 0 radical (unpaired) electrons. The van der Waals surface area contributed by atoms with Crippen molar-refractivity contribution in [2.45, 2.75) is 6.92 Å². The number of nitrogens with zero attached hydrogens (tertiary/aromatic N) is 2.